The fourth-order valence-corrected chi connectivity index (χ4v) is 3.61. The number of nitrogens with zero attached hydrogens (tertiary/aromatic N) is 1. The molecule has 0 aromatic heterocycles. The van der Waals surface area contributed by atoms with Crippen LogP contribution in [0.15, 0.2) is 83.3 Å². The number of hydrogen-bond donors (Lipinski definition) is 0. The molecule has 1 saturated heterocycles. The third-order valence-electron chi connectivity index (χ3n) is 4.83. The number of amides is 1. The van der Waals surface area contributed by atoms with Crippen molar-refractivity contribution in [2.75, 3.05) is 18.1 Å². The number of hydrogen-bond acceptors (Lipinski definition) is 4. The fourth-order valence-electron chi connectivity index (χ4n) is 3.23. The Labute approximate surface area is 189 Å². The topological polar surface area (TPSA) is 55.8 Å². The summed E-state index contributed by atoms with van der Waals surface area (Å²) in [5.41, 5.74) is 3.00. The van der Waals surface area contributed by atoms with E-state index in [1.165, 1.54) is 11.0 Å². The lowest BCUT2D eigenvalue weighted by atomic mass is 10.1. The van der Waals surface area contributed by atoms with Crippen LogP contribution in [0.2, 0.25) is 0 Å². The van der Waals surface area contributed by atoms with Crippen molar-refractivity contribution in [3.8, 4) is 5.75 Å². The van der Waals surface area contributed by atoms with Gasteiger partial charge in [0.1, 0.15) is 19.0 Å². The third-order valence-corrected chi connectivity index (χ3v) is 5.32. The highest BCUT2D eigenvalue weighted by Crippen LogP contribution is 2.26. The minimum absolute atomic E-state index is 0.164. The van der Waals surface area contributed by atoms with Crippen molar-refractivity contribution in [2.24, 2.45) is 0 Å². The Kier molecular flexibility index (Phi) is 6.48. The van der Waals surface area contributed by atoms with Gasteiger partial charge in [0, 0.05) is 21.3 Å². The molecule has 0 N–H and O–H groups in total. The van der Waals surface area contributed by atoms with Gasteiger partial charge in [-0.2, -0.15) is 0 Å². The molecule has 1 aliphatic heterocycles. The molecular formula is C25H20BrNO4. The third kappa shape index (κ3) is 5.22. The molecular weight excluding hydrogens is 458 g/mol. The van der Waals surface area contributed by atoms with E-state index in [9.17, 15) is 9.59 Å². The van der Waals surface area contributed by atoms with Gasteiger partial charge in [-0.1, -0.05) is 58.4 Å². The van der Waals surface area contributed by atoms with E-state index >= 15 is 0 Å². The first-order valence-corrected chi connectivity index (χ1v) is 10.6. The van der Waals surface area contributed by atoms with Crippen molar-refractivity contribution in [3.63, 3.8) is 0 Å². The second kappa shape index (κ2) is 9.62. The Hall–Kier alpha value is -3.38. The van der Waals surface area contributed by atoms with Gasteiger partial charge < -0.3 is 9.47 Å². The number of allylic oxidation sites excluding steroid dienone is 1. The number of cyclic esters (lactones) is 1. The van der Waals surface area contributed by atoms with Crippen LogP contribution >= 0.6 is 15.9 Å². The maximum atomic E-state index is 12.8. The van der Waals surface area contributed by atoms with Crippen LogP contribution in [0, 0.1) is 0 Å². The Morgan fingerprint density at radius 2 is 1.90 bits per heavy atom. The van der Waals surface area contributed by atoms with Crippen LogP contribution < -0.4 is 9.64 Å². The van der Waals surface area contributed by atoms with Crippen molar-refractivity contribution >= 4 is 39.6 Å². The van der Waals surface area contributed by atoms with Gasteiger partial charge in [0.05, 0.1) is 6.54 Å². The largest absolute Gasteiger partial charge is 0.488 e. The minimum atomic E-state index is -0.394. The summed E-state index contributed by atoms with van der Waals surface area (Å²) in [6.45, 7) is 1.27. The lowest BCUT2D eigenvalue weighted by molar-refractivity contribution is 0.104. The number of ketones is 1. The molecule has 4 rings (SSSR count). The molecule has 6 heteroatoms. The maximum Gasteiger partial charge on any atom is 0.414 e. The SMILES string of the molecule is O=C(/C=C/c1cc(Br)ccc1OCc1ccccc1)c1cccc(N2CCOC2=O)c1. The Balaban J connectivity index is 1.51. The highest BCUT2D eigenvalue weighted by molar-refractivity contribution is 9.10. The molecule has 0 aliphatic carbocycles. The zero-order valence-electron chi connectivity index (χ0n) is 16.7. The summed E-state index contributed by atoms with van der Waals surface area (Å²) < 4.78 is 11.8. The normalized spacial score (nSPS) is 13.5. The van der Waals surface area contributed by atoms with Crippen LogP contribution in [0.4, 0.5) is 10.5 Å². The molecule has 0 saturated carbocycles. The first kappa shape index (κ1) is 20.9. The van der Waals surface area contributed by atoms with Crippen molar-refractivity contribution in [2.45, 2.75) is 6.61 Å². The van der Waals surface area contributed by atoms with Gasteiger partial charge in [0.25, 0.3) is 0 Å². The molecule has 0 atom stereocenters. The van der Waals surface area contributed by atoms with Crippen LogP contribution in [0.1, 0.15) is 21.5 Å². The number of halogens is 1. The molecule has 1 aliphatic rings. The lowest BCUT2D eigenvalue weighted by Gasteiger charge is -2.13. The van der Waals surface area contributed by atoms with Crippen LogP contribution in [-0.4, -0.2) is 25.0 Å². The Morgan fingerprint density at radius 3 is 2.68 bits per heavy atom. The van der Waals surface area contributed by atoms with E-state index < -0.39 is 6.09 Å². The van der Waals surface area contributed by atoms with E-state index in [0.717, 1.165) is 15.6 Å². The molecule has 0 spiro atoms. The molecule has 156 valence electrons. The van der Waals surface area contributed by atoms with Crippen molar-refractivity contribution < 1.29 is 19.1 Å². The van der Waals surface area contributed by atoms with Gasteiger partial charge >= 0.3 is 6.09 Å². The summed E-state index contributed by atoms with van der Waals surface area (Å²) in [6.07, 6.45) is 2.86. The van der Waals surface area contributed by atoms with Gasteiger partial charge in [0.15, 0.2) is 5.78 Å². The maximum absolute atomic E-state index is 12.8. The van der Waals surface area contributed by atoms with Crippen molar-refractivity contribution in [3.05, 3.63) is 100 Å². The summed E-state index contributed by atoms with van der Waals surface area (Å²) in [4.78, 5) is 26.1. The van der Waals surface area contributed by atoms with Crippen molar-refractivity contribution in [1.82, 2.24) is 0 Å². The van der Waals surface area contributed by atoms with E-state index in [1.807, 2.05) is 48.5 Å². The van der Waals surface area contributed by atoms with Gasteiger partial charge in [-0.25, -0.2) is 4.79 Å². The lowest BCUT2D eigenvalue weighted by Crippen LogP contribution is -2.23. The molecule has 3 aromatic rings. The number of rotatable bonds is 7. The number of anilines is 1. The highest BCUT2D eigenvalue weighted by atomic mass is 79.9. The van der Waals surface area contributed by atoms with Gasteiger partial charge in [-0.3, -0.25) is 9.69 Å². The van der Waals surface area contributed by atoms with Gasteiger partial charge in [-0.15, -0.1) is 0 Å². The summed E-state index contributed by atoms with van der Waals surface area (Å²) in [5.74, 6) is 0.521. The molecule has 0 radical (unpaired) electrons. The Bertz CT molecular complexity index is 1130. The fraction of sp³-hybridized carbons (Fsp3) is 0.120. The number of carbonyl (C=O) groups is 2. The first-order valence-electron chi connectivity index (χ1n) is 9.83. The molecule has 31 heavy (non-hydrogen) atoms. The summed E-state index contributed by atoms with van der Waals surface area (Å²) in [7, 11) is 0. The first-order chi connectivity index (χ1) is 15.1. The van der Waals surface area contributed by atoms with Gasteiger partial charge in [0.2, 0.25) is 0 Å². The zero-order valence-corrected chi connectivity index (χ0v) is 18.2. The predicted molar refractivity (Wildman–Crippen MR) is 123 cm³/mol. The molecule has 0 unspecified atom stereocenters. The zero-order chi connectivity index (χ0) is 21.6. The monoisotopic (exact) mass is 477 g/mol. The minimum Gasteiger partial charge on any atom is -0.488 e. The second-order valence-corrected chi connectivity index (χ2v) is 7.89. The van der Waals surface area contributed by atoms with Crippen LogP contribution in [-0.2, 0) is 11.3 Å². The smallest absolute Gasteiger partial charge is 0.414 e. The number of benzene rings is 3. The average Bonchev–Trinajstić information content (AvgIpc) is 3.23. The van der Waals surface area contributed by atoms with Crippen molar-refractivity contribution in [1.29, 1.82) is 0 Å². The Morgan fingerprint density at radius 1 is 1.06 bits per heavy atom. The van der Waals surface area contributed by atoms with E-state index in [4.69, 9.17) is 9.47 Å². The number of carbonyl (C=O) groups excluding carboxylic acids is 2. The van der Waals surface area contributed by atoms with Gasteiger partial charge in [-0.05, 0) is 48.0 Å². The quantitative estimate of drug-likeness (QED) is 0.314. The average molecular weight is 478 g/mol. The number of ether oxygens (including phenoxy) is 2. The molecule has 5 nitrogen and oxygen atoms in total. The molecule has 1 amide bonds. The highest BCUT2D eigenvalue weighted by Gasteiger charge is 2.23. The van der Waals surface area contributed by atoms with Crippen LogP contribution in [0.25, 0.3) is 6.08 Å². The molecule has 1 heterocycles. The molecule has 3 aromatic carbocycles. The van der Waals surface area contributed by atoms with E-state index in [2.05, 4.69) is 15.9 Å². The second-order valence-electron chi connectivity index (χ2n) is 6.97. The van der Waals surface area contributed by atoms with E-state index in [-0.39, 0.29) is 5.78 Å². The predicted octanol–water partition coefficient (Wildman–Crippen LogP) is 5.88. The standard InChI is InChI=1S/C25H20BrNO4/c26-21-10-12-24(31-17-18-5-2-1-3-6-18)20(15-21)9-11-23(28)19-7-4-8-22(16-19)27-13-14-30-25(27)29/h1-12,15-16H,13-14,17H2/b11-9+. The van der Waals surface area contributed by atoms with Crippen LogP contribution in [0.3, 0.4) is 0 Å². The summed E-state index contributed by atoms with van der Waals surface area (Å²) in [5, 5.41) is 0. The molecule has 0 bridgehead atoms. The molecule has 1 fully saturated rings. The van der Waals surface area contributed by atoms with E-state index in [0.29, 0.717) is 36.8 Å². The van der Waals surface area contributed by atoms with Crippen LogP contribution in [0.5, 0.6) is 5.75 Å². The van der Waals surface area contributed by atoms with E-state index in [1.54, 1.807) is 30.3 Å². The summed E-state index contributed by atoms with van der Waals surface area (Å²) >= 11 is 3.47. The summed E-state index contributed by atoms with van der Waals surface area (Å²) in [6, 6.07) is 22.6.